The van der Waals surface area contributed by atoms with E-state index in [9.17, 15) is 0 Å². The maximum Gasteiger partial charge on any atom is 0.0548 e. The normalized spacial score (nSPS) is 12.0. The van der Waals surface area contributed by atoms with Crippen molar-refractivity contribution in [3.63, 3.8) is 0 Å². The van der Waals surface area contributed by atoms with Crippen LogP contribution in [0.3, 0.4) is 0 Å². The Morgan fingerprint density at radius 3 is 2.00 bits per heavy atom. The molecule has 0 spiro atoms. The molecule has 0 aliphatic carbocycles. The Balaban J connectivity index is 2.01. The van der Waals surface area contributed by atoms with E-state index in [1.807, 2.05) is 0 Å². The van der Waals surface area contributed by atoms with Gasteiger partial charge in [-0.2, -0.15) is 0 Å². The number of hydrogen-bond acceptors (Lipinski definition) is 0. The standard InChI is InChI=1S/C24H14BrN/c25-19-13-14-21-24-22(19)17-10-5-4-9-16(17)18-11-6-12-20(23(18)24)26(21)15-7-2-1-3-8-15/h1-14H. The van der Waals surface area contributed by atoms with Crippen LogP contribution in [0.4, 0.5) is 0 Å². The van der Waals surface area contributed by atoms with E-state index in [1.54, 1.807) is 0 Å². The van der Waals surface area contributed by atoms with Crippen molar-refractivity contribution in [2.24, 2.45) is 0 Å². The van der Waals surface area contributed by atoms with Gasteiger partial charge in [0, 0.05) is 26.3 Å². The van der Waals surface area contributed by atoms with Crippen molar-refractivity contribution >= 4 is 59.3 Å². The van der Waals surface area contributed by atoms with Gasteiger partial charge in [-0.15, -0.1) is 0 Å². The Morgan fingerprint density at radius 1 is 0.500 bits per heavy atom. The Kier molecular flexibility index (Phi) is 2.81. The molecule has 0 bridgehead atoms. The number of aromatic nitrogens is 1. The lowest BCUT2D eigenvalue weighted by Gasteiger charge is -2.09. The van der Waals surface area contributed by atoms with E-state index in [4.69, 9.17) is 0 Å². The summed E-state index contributed by atoms with van der Waals surface area (Å²) >= 11 is 3.82. The first-order chi connectivity index (χ1) is 12.8. The van der Waals surface area contributed by atoms with E-state index in [-0.39, 0.29) is 0 Å². The second kappa shape index (κ2) is 5.09. The lowest BCUT2D eigenvalue weighted by Crippen LogP contribution is -1.92. The molecular formula is C24H14BrN. The summed E-state index contributed by atoms with van der Waals surface area (Å²) in [6, 6.07) is 30.4. The third-order valence-electron chi connectivity index (χ3n) is 5.41. The van der Waals surface area contributed by atoms with Gasteiger partial charge in [0.05, 0.1) is 11.0 Å². The van der Waals surface area contributed by atoms with Gasteiger partial charge in [-0.3, -0.25) is 0 Å². The van der Waals surface area contributed by atoms with E-state index in [1.165, 1.54) is 49.0 Å². The minimum absolute atomic E-state index is 1.15. The van der Waals surface area contributed by atoms with Crippen molar-refractivity contribution in [1.29, 1.82) is 0 Å². The molecule has 0 unspecified atom stereocenters. The maximum atomic E-state index is 3.82. The number of benzene rings is 5. The predicted molar refractivity (Wildman–Crippen MR) is 115 cm³/mol. The van der Waals surface area contributed by atoms with E-state index < -0.39 is 0 Å². The highest BCUT2D eigenvalue weighted by atomic mass is 79.9. The van der Waals surface area contributed by atoms with Gasteiger partial charge in [0.2, 0.25) is 0 Å². The number of rotatable bonds is 1. The monoisotopic (exact) mass is 395 g/mol. The molecule has 2 heteroatoms. The van der Waals surface area contributed by atoms with Crippen LogP contribution < -0.4 is 0 Å². The summed E-state index contributed by atoms with van der Waals surface area (Å²) in [5.41, 5.74) is 3.72. The van der Waals surface area contributed by atoms with Crippen LogP contribution in [0.15, 0.2) is 89.4 Å². The molecule has 0 atom stereocenters. The molecule has 6 rings (SSSR count). The fourth-order valence-corrected chi connectivity index (χ4v) is 4.95. The van der Waals surface area contributed by atoms with Gasteiger partial charge in [-0.05, 0) is 46.5 Å². The zero-order valence-electron chi connectivity index (χ0n) is 13.9. The molecule has 0 aliphatic rings. The van der Waals surface area contributed by atoms with Crippen LogP contribution in [0.2, 0.25) is 0 Å². The van der Waals surface area contributed by atoms with Crippen molar-refractivity contribution < 1.29 is 0 Å². The first-order valence-electron chi connectivity index (χ1n) is 8.75. The van der Waals surface area contributed by atoms with Crippen molar-refractivity contribution in [2.45, 2.75) is 0 Å². The Bertz CT molecular complexity index is 1430. The molecule has 0 fully saturated rings. The predicted octanol–water partition coefficient (Wildman–Crippen LogP) is 7.29. The highest BCUT2D eigenvalue weighted by Crippen LogP contribution is 2.45. The summed E-state index contributed by atoms with van der Waals surface area (Å²) < 4.78 is 3.54. The van der Waals surface area contributed by atoms with E-state index in [2.05, 4.69) is 105 Å². The number of halogens is 1. The molecule has 0 saturated heterocycles. The highest BCUT2D eigenvalue weighted by Gasteiger charge is 2.20. The molecule has 6 aromatic rings. The van der Waals surface area contributed by atoms with Crippen LogP contribution in [0.1, 0.15) is 0 Å². The average Bonchev–Trinajstić information content (AvgIpc) is 3.03. The van der Waals surface area contributed by atoms with E-state index in [0.29, 0.717) is 0 Å². The lowest BCUT2D eigenvalue weighted by atomic mass is 9.94. The van der Waals surface area contributed by atoms with Gasteiger partial charge in [0.1, 0.15) is 0 Å². The van der Waals surface area contributed by atoms with Crippen LogP contribution in [0.5, 0.6) is 0 Å². The fraction of sp³-hybridized carbons (Fsp3) is 0. The fourth-order valence-electron chi connectivity index (χ4n) is 4.40. The topological polar surface area (TPSA) is 4.93 Å². The van der Waals surface area contributed by atoms with Gasteiger partial charge >= 0.3 is 0 Å². The Morgan fingerprint density at radius 2 is 1.15 bits per heavy atom. The number of hydrogen-bond donors (Lipinski definition) is 0. The van der Waals surface area contributed by atoms with Gasteiger partial charge < -0.3 is 4.57 Å². The summed E-state index contributed by atoms with van der Waals surface area (Å²) in [4.78, 5) is 0. The van der Waals surface area contributed by atoms with Crippen LogP contribution in [-0.4, -0.2) is 4.57 Å². The molecule has 1 aromatic heterocycles. The zero-order valence-corrected chi connectivity index (χ0v) is 15.5. The minimum Gasteiger partial charge on any atom is -0.309 e. The summed E-state index contributed by atoms with van der Waals surface area (Å²) in [5, 5.41) is 7.93. The molecule has 0 amide bonds. The number of fused-ring (bicyclic) bond motifs is 3. The largest absolute Gasteiger partial charge is 0.309 e. The quantitative estimate of drug-likeness (QED) is 0.257. The lowest BCUT2D eigenvalue weighted by molar-refractivity contribution is 1.18. The van der Waals surface area contributed by atoms with Gasteiger partial charge in [-0.1, -0.05) is 70.5 Å². The first kappa shape index (κ1) is 14.3. The summed E-state index contributed by atoms with van der Waals surface area (Å²) in [7, 11) is 0. The Hall–Kier alpha value is -2.84. The second-order valence-corrected chi connectivity index (χ2v) is 7.59. The summed E-state index contributed by atoms with van der Waals surface area (Å²) in [6.45, 7) is 0. The molecule has 1 nitrogen and oxygen atoms in total. The third-order valence-corrected chi connectivity index (χ3v) is 6.07. The van der Waals surface area contributed by atoms with Gasteiger partial charge in [0.15, 0.2) is 0 Å². The molecule has 0 radical (unpaired) electrons. The maximum absolute atomic E-state index is 3.82. The first-order valence-corrected chi connectivity index (χ1v) is 9.55. The molecular weight excluding hydrogens is 382 g/mol. The van der Waals surface area contributed by atoms with Crippen LogP contribution in [0, 0.1) is 0 Å². The number of para-hydroxylation sites is 1. The minimum atomic E-state index is 1.15. The molecule has 0 aliphatic heterocycles. The summed E-state index contributed by atoms with van der Waals surface area (Å²) in [6.07, 6.45) is 0. The highest BCUT2D eigenvalue weighted by molar-refractivity contribution is 9.10. The molecule has 1 heterocycles. The van der Waals surface area contributed by atoms with Crippen molar-refractivity contribution in [3.05, 3.63) is 89.4 Å². The van der Waals surface area contributed by atoms with Crippen LogP contribution in [0.25, 0.3) is 49.0 Å². The molecule has 5 aromatic carbocycles. The van der Waals surface area contributed by atoms with E-state index in [0.717, 1.165) is 4.47 Å². The van der Waals surface area contributed by atoms with E-state index >= 15 is 0 Å². The molecule has 26 heavy (non-hydrogen) atoms. The van der Waals surface area contributed by atoms with Crippen molar-refractivity contribution in [3.8, 4) is 5.69 Å². The number of nitrogens with zero attached hydrogens (tertiary/aromatic N) is 1. The average molecular weight is 396 g/mol. The zero-order chi connectivity index (χ0) is 17.3. The molecule has 122 valence electrons. The van der Waals surface area contributed by atoms with Crippen molar-refractivity contribution in [1.82, 2.24) is 4.57 Å². The van der Waals surface area contributed by atoms with Crippen LogP contribution in [-0.2, 0) is 0 Å². The smallest absolute Gasteiger partial charge is 0.0548 e. The third kappa shape index (κ3) is 1.70. The second-order valence-electron chi connectivity index (χ2n) is 6.73. The van der Waals surface area contributed by atoms with Gasteiger partial charge in [0.25, 0.3) is 0 Å². The molecule has 0 N–H and O–H groups in total. The molecule has 0 saturated carbocycles. The van der Waals surface area contributed by atoms with Gasteiger partial charge in [-0.25, -0.2) is 0 Å². The summed E-state index contributed by atoms with van der Waals surface area (Å²) in [5.74, 6) is 0. The SMILES string of the molecule is Brc1ccc2c3c1c1ccccc1c1cccc(c13)n2-c1ccccc1. The van der Waals surface area contributed by atoms with Crippen molar-refractivity contribution in [2.75, 3.05) is 0 Å². The Labute approximate surface area is 158 Å². The van der Waals surface area contributed by atoms with Crippen LogP contribution >= 0.6 is 15.9 Å².